The van der Waals surface area contributed by atoms with Crippen molar-refractivity contribution < 1.29 is 22.7 Å². The van der Waals surface area contributed by atoms with Crippen molar-refractivity contribution in [2.24, 2.45) is 0 Å². The van der Waals surface area contributed by atoms with Crippen molar-refractivity contribution in [3.8, 4) is 0 Å². The van der Waals surface area contributed by atoms with E-state index in [9.17, 15) is 13.2 Å². The van der Waals surface area contributed by atoms with Crippen LogP contribution in [0.5, 0.6) is 0 Å². The number of sulfonamides is 1. The maximum Gasteiger partial charge on any atom is 0.251 e. The Morgan fingerprint density at radius 1 is 1.19 bits per heavy atom. The molecule has 0 bridgehead atoms. The summed E-state index contributed by atoms with van der Waals surface area (Å²) in [7, 11) is -1.63. The van der Waals surface area contributed by atoms with Gasteiger partial charge in [0.2, 0.25) is 10.0 Å². The smallest absolute Gasteiger partial charge is 0.251 e. The predicted octanol–water partition coefficient (Wildman–Crippen LogP) is 0.506. The van der Waals surface area contributed by atoms with Gasteiger partial charge in [-0.15, -0.1) is 0 Å². The lowest BCUT2D eigenvalue weighted by Gasteiger charge is -2.31. The first-order valence-corrected chi connectivity index (χ1v) is 10.6. The van der Waals surface area contributed by atoms with Gasteiger partial charge in [0.1, 0.15) is 0 Å². The standard InChI is InChI=1S/C18H27N3O5S/c1-18(25-12-13-26-18)6-7-19-17(22)15-4-3-5-16(14-15)27(23,24)21-10-8-20(2)9-11-21/h3-5,14H,6-13H2,1-2H3,(H,19,22). The largest absolute Gasteiger partial charge is 0.352 e. The highest BCUT2D eigenvalue weighted by Gasteiger charge is 2.31. The summed E-state index contributed by atoms with van der Waals surface area (Å²) >= 11 is 0. The van der Waals surface area contributed by atoms with Crippen molar-refractivity contribution in [2.45, 2.75) is 24.0 Å². The maximum atomic E-state index is 12.8. The van der Waals surface area contributed by atoms with Gasteiger partial charge >= 0.3 is 0 Å². The van der Waals surface area contributed by atoms with Crippen LogP contribution in [0, 0.1) is 0 Å². The van der Waals surface area contributed by atoms with E-state index >= 15 is 0 Å². The fourth-order valence-corrected chi connectivity index (χ4v) is 4.65. The average Bonchev–Trinajstić information content (AvgIpc) is 3.08. The molecular weight excluding hydrogens is 370 g/mol. The Hall–Kier alpha value is -1.52. The Morgan fingerprint density at radius 2 is 1.85 bits per heavy atom. The molecule has 1 aromatic rings. The first kappa shape index (κ1) is 20.2. The Kier molecular flexibility index (Phi) is 6.17. The molecule has 2 aliphatic rings. The minimum Gasteiger partial charge on any atom is -0.352 e. The molecule has 2 heterocycles. The number of benzene rings is 1. The second-order valence-corrected chi connectivity index (χ2v) is 9.01. The third kappa shape index (κ3) is 4.85. The van der Waals surface area contributed by atoms with Gasteiger partial charge in [-0.05, 0) is 32.2 Å². The van der Waals surface area contributed by atoms with Crippen molar-refractivity contribution in [3.63, 3.8) is 0 Å². The Morgan fingerprint density at radius 3 is 2.52 bits per heavy atom. The number of ether oxygens (including phenoxy) is 2. The van der Waals surface area contributed by atoms with E-state index in [1.165, 1.54) is 16.4 Å². The fourth-order valence-electron chi connectivity index (χ4n) is 3.18. The van der Waals surface area contributed by atoms with Gasteiger partial charge in [-0.2, -0.15) is 4.31 Å². The molecule has 2 aliphatic heterocycles. The van der Waals surface area contributed by atoms with E-state index in [2.05, 4.69) is 10.2 Å². The third-order valence-corrected chi connectivity index (χ3v) is 6.85. The molecule has 2 fully saturated rings. The number of nitrogens with one attached hydrogen (secondary N) is 1. The Bertz CT molecular complexity index is 769. The lowest BCUT2D eigenvalue weighted by molar-refractivity contribution is -0.145. The predicted molar refractivity (Wildman–Crippen MR) is 100.0 cm³/mol. The number of rotatable bonds is 6. The normalized spacial score (nSPS) is 21.3. The first-order chi connectivity index (χ1) is 12.8. The van der Waals surface area contributed by atoms with E-state index in [0.29, 0.717) is 57.9 Å². The van der Waals surface area contributed by atoms with E-state index in [-0.39, 0.29) is 10.8 Å². The van der Waals surface area contributed by atoms with Crippen LogP contribution in [0.15, 0.2) is 29.2 Å². The molecule has 0 saturated carbocycles. The SMILES string of the molecule is CN1CCN(S(=O)(=O)c2cccc(C(=O)NCCC3(C)OCCO3)c2)CC1. The molecule has 27 heavy (non-hydrogen) atoms. The summed E-state index contributed by atoms with van der Waals surface area (Å²) in [5, 5.41) is 2.80. The van der Waals surface area contributed by atoms with Crippen LogP contribution in [0.2, 0.25) is 0 Å². The fraction of sp³-hybridized carbons (Fsp3) is 0.611. The van der Waals surface area contributed by atoms with Crippen molar-refractivity contribution in [1.82, 2.24) is 14.5 Å². The first-order valence-electron chi connectivity index (χ1n) is 9.15. The van der Waals surface area contributed by atoms with Crippen molar-refractivity contribution in [1.29, 1.82) is 0 Å². The van der Waals surface area contributed by atoms with Crippen LogP contribution in [-0.4, -0.2) is 82.3 Å². The second kappa shape index (κ2) is 8.24. The maximum absolute atomic E-state index is 12.8. The molecule has 1 aromatic carbocycles. The highest BCUT2D eigenvalue weighted by molar-refractivity contribution is 7.89. The van der Waals surface area contributed by atoms with Crippen LogP contribution in [0.25, 0.3) is 0 Å². The van der Waals surface area contributed by atoms with Crippen molar-refractivity contribution >= 4 is 15.9 Å². The summed E-state index contributed by atoms with van der Waals surface area (Å²) in [4.78, 5) is 14.7. The number of hydrogen-bond acceptors (Lipinski definition) is 6. The van der Waals surface area contributed by atoms with E-state index in [1.807, 2.05) is 14.0 Å². The molecule has 3 rings (SSSR count). The molecule has 0 radical (unpaired) electrons. The summed E-state index contributed by atoms with van der Waals surface area (Å²) in [6, 6.07) is 6.18. The molecule has 150 valence electrons. The zero-order valence-electron chi connectivity index (χ0n) is 15.8. The van der Waals surface area contributed by atoms with E-state index < -0.39 is 15.8 Å². The molecular formula is C18H27N3O5S. The minimum absolute atomic E-state index is 0.147. The van der Waals surface area contributed by atoms with Crippen LogP contribution >= 0.6 is 0 Å². The van der Waals surface area contributed by atoms with Crippen LogP contribution < -0.4 is 5.32 Å². The monoisotopic (exact) mass is 397 g/mol. The summed E-state index contributed by atoms with van der Waals surface area (Å²) in [6.45, 7) is 5.62. The van der Waals surface area contributed by atoms with Gasteiger partial charge in [0.05, 0.1) is 18.1 Å². The molecule has 0 aromatic heterocycles. The summed E-state index contributed by atoms with van der Waals surface area (Å²) in [6.07, 6.45) is 0.526. The highest BCUT2D eigenvalue weighted by atomic mass is 32.2. The lowest BCUT2D eigenvalue weighted by atomic mass is 10.2. The molecule has 0 aliphatic carbocycles. The summed E-state index contributed by atoms with van der Waals surface area (Å²) in [5.41, 5.74) is 0.323. The number of carbonyl (C=O) groups excluding carboxylic acids is 1. The molecule has 0 unspecified atom stereocenters. The second-order valence-electron chi connectivity index (χ2n) is 7.07. The highest BCUT2D eigenvalue weighted by Crippen LogP contribution is 2.22. The van der Waals surface area contributed by atoms with Crippen molar-refractivity contribution in [3.05, 3.63) is 29.8 Å². The zero-order chi connectivity index (χ0) is 19.5. The molecule has 1 N–H and O–H groups in total. The molecule has 0 spiro atoms. The zero-order valence-corrected chi connectivity index (χ0v) is 16.6. The van der Waals surface area contributed by atoms with Crippen LogP contribution in [0.4, 0.5) is 0 Å². The number of amides is 1. The average molecular weight is 397 g/mol. The number of carbonyl (C=O) groups is 1. The summed E-state index contributed by atoms with van der Waals surface area (Å²) in [5.74, 6) is -0.980. The minimum atomic E-state index is -3.60. The van der Waals surface area contributed by atoms with Gasteiger partial charge in [-0.1, -0.05) is 6.07 Å². The van der Waals surface area contributed by atoms with E-state index in [0.717, 1.165) is 0 Å². The third-order valence-electron chi connectivity index (χ3n) is 4.96. The van der Waals surface area contributed by atoms with Crippen molar-refractivity contribution in [2.75, 3.05) is 53.0 Å². The topological polar surface area (TPSA) is 88.2 Å². The van der Waals surface area contributed by atoms with Gasteiger partial charge in [0.15, 0.2) is 5.79 Å². The van der Waals surface area contributed by atoms with E-state index in [1.54, 1.807) is 12.1 Å². The summed E-state index contributed by atoms with van der Waals surface area (Å²) < 4.78 is 38.2. The molecule has 2 saturated heterocycles. The molecule has 1 amide bonds. The van der Waals surface area contributed by atoms with Gasteiger partial charge in [0.25, 0.3) is 5.91 Å². The lowest BCUT2D eigenvalue weighted by Crippen LogP contribution is -2.47. The van der Waals surface area contributed by atoms with Gasteiger partial charge < -0.3 is 19.7 Å². The quantitative estimate of drug-likeness (QED) is 0.752. The number of likely N-dealkylation sites (N-methyl/N-ethyl adjacent to an activating group) is 1. The number of piperazine rings is 1. The van der Waals surface area contributed by atoms with Crippen LogP contribution in [0.3, 0.4) is 0 Å². The molecule has 8 nitrogen and oxygen atoms in total. The van der Waals surface area contributed by atoms with Crippen LogP contribution in [-0.2, 0) is 19.5 Å². The molecule has 9 heteroatoms. The Balaban J connectivity index is 1.63. The number of hydrogen-bond donors (Lipinski definition) is 1. The van der Waals surface area contributed by atoms with Gasteiger partial charge in [0, 0.05) is 44.7 Å². The van der Waals surface area contributed by atoms with Gasteiger partial charge in [-0.3, -0.25) is 4.79 Å². The van der Waals surface area contributed by atoms with Gasteiger partial charge in [-0.25, -0.2) is 8.42 Å². The number of nitrogens with zero attached hydrogens (tertiary/aromatic N) is 2. The van der Waals surface area contributed by atoms with Crippen LogP contribution in [0.1, 0.15) is 23.7 Å². The molecule has 0 atom stereocenters. The Labute approximate surface area is 160 Å². The van der Waals surface area contributed by atoms with E-state index in [4.69, 9.17) is 9.47 Å².